The Balaban J connectivity index is 2.35. The molecule has 0 fully saturated rings. The van der Waals surface area contributed by atoms with Crippen LogP contribution in [-0.2, 0) is 6.42 Å². The highest BCUT2D eigenvalue weighted by atomic mass is 19.1. The van der Waals surface area contributed by atoms with Crippen molar-refractivity contribution < 1.29 is 13.2 Å². The van der Waals surface area contributed by atoms with Gasteiger partial charge in [0.2, 0.25) is 0 Å². The van der Waals surface area contributed by atoms with Gasteiger partial charge in [-0.05, 0) is 55.3 Å². The second-order valence-corrected chi connectivity index (χ2v) is 5.02. The molecule has 0 spiro atoms. The van der Waals surface area contributed by atoms with E-state index in [1.165, 1.54) is 30.3 Å². The third-order valence-corrected chi connectivity index (χ3v) is 3.53. The SMILES string of the molecule is CCNC(Cc1c(F)cccc1F)c1ccc(F)cc1C. The fourth-order valence-corrected chi connectivity index (χ4v) is 2.50. The van der Waals surface area contributed by atoms with Crippen LogP contribution in [0.2, 0.25) is 0 Å². The normalized spacial score (nSPS) is 12.4. The number of hydrogen-bond acceptors (Lipinski definition) is 1. The average Bonchev–Trinajstić information content (AvgIpc) is 2.42. The van der Waals surface area contributed by atoms with E-state index < -0.39 is 11.6 Å². The molecule has 1 atom stereocenters. The van der Waals surface area contributed by atoms with Crippen molar-refractivity contribution in [2.45, 2.75) is 26.3 Å². The van der Waals surface area contributed by atoms with Crippen LogP contribution < -0.4 is 5.32 Å². The monoisotopic (exact) mass is 293 g/mol. The quantitative estimate of drug-likeness (QED) is 0.866. The molecule has 0 bridgehead atoms. The third-order valence-electron chi connectivity index (χ3n) is 3.53. The zero-order valence-corrected chi connectivity index (χ0v) is 12.1. The second kappa shape index (κ2) is 6.76. The number of aryl methyl sites for hydroxylation is 1. The highest BCUT2D eigenvalue weighted by Crippen LogP contribution is 2.25. The van der Waals surface area contributed by atoms with E-state index in [2.05, 4.69) is 5.32 Å². The van der Waals surface area contributed by atoms with Crippen LogP contribution in [0.4, 0.5) is 13.2 Å². The number of hydrogen-bond donors (Lipinski definition) is 1. The topological polar surface area (TPSA) is 12.0 Å². The van der Waals surface area contributed by atoms with Gasteiger partial charge in [-0.25, -0.2) is 13.2 Å². The molecule has 0 aliphatic carbocycles. The summed E-state index contributed by atoms with van der Waals surface area (Å²) in [6.45, 7) is 4.36. The van der Waals surface area contributed by atoms with Crippen molar-refractivity contribution >= 4 is 0 Å². The Labute approximate surface area is 122 Å². The first-order valence-corrected chi connectivity index (χ1v) is 6.95. The molecule has 0 amide bonds. The summed E-state index contributed by atoms with van der Waals surface area (Å²) >= 11 is 0. The summed E-state index contributed by atoms with van der Waals surface area (Å²) in [5, 5.41) is 3.21. The highest BCUT2D eigenvalue weighted by molar-refractivity contribution is 5.32. The number of nitrogens with one attached hydrogen (secondary N) is 1. The van der Waals surface area contributed by atoms with E-state index in [4.69, 9.17) is 0 Å². The van der Waals surface area contributed by atoms with Crippen molar-refractivity contribution in [1.82, 2.24) is 5.32 Å². The van der Waals surface area contributed by atoms with Gasteiger partial charge in [0.1, 0.15) is 17.5 Å². The predicted molar refractivity (Wildman–Crippen MR) is 77.6 cm³/mol. The lowest BCUT2D eigenvalue weighted by Crippen LogP contribution is -2.24. The molecular weight excluding hydrogens is 275 g/mol. The van der Waals surface area contributed by atoms with Crippen LogP contribution in [0.5, 0.6) is 0 Å². The first-order chi connectivity index (χ1) is 10.0. The Morgan fingerprint density at radius 3 is 2.29 bits per heavy atom. The zero-order valence-electron chi connectivity index (χ0n) is 12.1. The van der Waals surface area contributed by atoms with E-state index in [0.717, 1.165) is 11.1 Å². The molecule has 2 aromatic carbocycles. The van der Waals surface area contributed by atoms with Gasteiger partial charge in [-0.1, -0.05) is 19.1 Å². The summed E-state index contributed by atoms with van der Waals surface area (Å²) in [5.74, 6) is -1.43. The van der Waals surface area contributed by atoms with E-state index in [9.17, 15) is 13.2 Å². The van der Waals surface area contributed by atoms with Crippen molar-refractivity contribution in [1.29, 1.82) is 0 Å². The highest BCUT2D eigenvalue weighted by Gasteiger charge is 2.18. The molecule has 2 rings (SSSR count). The molecule has 0 aliphatic heterocycles. The fourth-order valence-electron chi connectivity index (χ4n) is 2.50. The lowest BCUT2D eigenvalue weighted by molar-refractivity contribution is 0.497. The molecular formula is C17H18F3N. The first-order valence-electron chi connectivity index (χ1n) is 6.95. The molecule has 0 heterocycles. The Hall–Kier alpha value is -1.81. The van der Waals surface area contributed by atoms with E-state index in [1.807, 2.05) is 6.92 Å². The van der Waals surface area contributed by atoms with Gasteiger partial charge in [-0.3, -0.25) is 0 Å². The Kier molecular flexibility index (Phi) is 5.02. The van der Waals surface area contributed by atoms with Crippen LogP contribution in [0.25, 0.3) is 0 Å². The number of benzene rings is 2. The molecule has 0 aromatic heterocycles. The molecule has 1 unspecified atom stereocenters. The summed E-state index contributed by atoms with van der Waals surface area (Å²) in [6.07, 6.45) is 0.179. The summed E-state index contributed by atoms with van der Waals surface area (Å²) in [6, 6.07) is 8.04. The maximum atomic E-state index is 13.8. The van der Waals surface area contributed by atoms with Gasteiger partial charge in [0, 0.05) is 11.6 Å². The lowest BCUT2D eigenvalue weighted by Gasteiger charge is -2.21. The Morgan fingerprint density at radius 1 is 1.05 bits per heavy atom. The molecule has 0 radical (unpaired) electrons. The minimum Gasteiger partial charge on any atom is -0.310 e. The summed E-state index contributed by atoms with van der Waals surface area (Å²) in [7, 11) is 0. The number of rotatable bonds is 5. The second-order valence-electron chi connectivity index (χ2n) is 5.02. The van der Waals surface area contributed by atoms with E-state index >= 15 is 0 Å². The molecule has 2 aromatic rings. The van der Waals surface area contributed by atoms with Gasteiger partial charge in [0.15, 0.2) is 0 Å². The van der Waals surface area contributed by atoms with E-state index in [1.54, 1.807) is 13.0 Å². The zero-order chi connectivity index (χ0) is 15.4. The standard InChI is InChI=1S/C17H18F3N/c1-3-21-17(13-8-7-12(18)9-11(13)2)10-14-15(19)5-4-6-16(14)20/h4-9,17,21H,3,10H2,1-2H3. The maximum absolute atomic E-state index is 13.8. The van der Waals surface area contributed by atoms with Crippen LogP contribution in [0.3, 0.4) is 0 Å². The van der Waals surface area contributed by atoms with E-state index in [0.29, 0.717) is 6.54 Å². The molecule has 1 N–H and O–H groups in total. The molecule has 21 heavy (non-hydrogen) atoms. The van der Waals surface area contributed by atoms with Crippen molar-refractivity contribution in [3.63, 3.8) is 0 Å². The predicted octanol–water partition coefficient (Wildman–Crippen LogP) is 4.31. The molecule has 112 valence electrons. The van der Waals surface area contributed by atoms with Gasteiger partial charge in [-0.15, -0.1) is 0 Å². The van der Waals surface area contributed by atoms with Crippen LogP contribution in [-0.4, -0.2) is 6.54 Å². The Morgan fingerprint density at radius 2 is 1.71 bits per heavy atom. The van der Waals surface area contributed by atoms with E-state index in [-0.39, 0.29) is 23.8 Å². The lowest BCUT2D eigenvalue weighted by atomic mass is 9.94. The molecule has 0 saturated carbocycles. The fraction of sp³-hybridized carbons (Fsp3) is 0.294. The van der Waals surface area contributed by atoms with Crippen LogP contribution in [0.15, 0.2) is 36.4 Å². The smallest absolute Gasteiger partial charge is 0.129 e. The number of halogens is 3. The summed E-state index contributed by atoms with van der Waals surface area (Å²) < 4.78 is 40.8. The van der Waals surface area contributed by atoms with Gasteiger partial charge in [-0.2, -0.15) is 0 Å². The van der Waals surface area contributed by atoms with Gasteiger partial charge < -0.3 is 5.32 Å². The van der Waals surface area contributed by atoms with Gasteiger partial charge in [0.25, 0.3) is 0 Å². The van der Waals surface area contributed by atoms with Crippen molar-refractivity contribution in [3.8, 4) is 0 Å². The largest absolute Gasteiger partial charge is 0.310 e. The van der Waals surface area contributed by atoms with Crippen LogP contribution in [0.1, 0.15) is 29.7 Å². The summed E-state index contributed by atoms with van der Waals surface area (Å²) in [4.78, 5) is 0. The van der Waals surface area contributed by atoms with Gasteiger partial charge >= 0.3 is 0 Å². The summed E-state index contributed by atoms with van der Waals surface area (Å²) in [5.41, 5.74) is 1.66. The van der Waals surface area contributed by atoms with Crippen molar-refractivity contribution in [2.75, 3.05) is 6.54 Å². The van der Waals surface area contributed by atoms with Gasteiger partial charge in [0.05, 0.1) is 0 Å². The minimum atomic E-state index is -0.558. The maximum Gasteiger partial charge on any atom is 0.129 e. The molecule has 4 heteroatoms. The molecule has 1 nitrogen and oxygen atoms in total. The van der Waals surface area contributed by atoms with Crippen molar-refractivity contribution in [3.05, 3.63) is 70.5 Å². The van der Waals surface area contributed by atoms with Crippen LogP contribution in [0, 0.1) is 24.4 Å². The molecule has 0 saturated heterocycles. The van der Waals surface area contributed by atoms with Crippen molar-refractivity contribution in [2.24, 2.45) is 0 Å². The number of likely N-dealkylation sites (N-methyl/N-ethyl adjacent to an activating group) is 1. The third kappa shape index (κ3) is 3.64. The molecule has 0 aliphatic rings. The minimum absolute atomic E-state index is 0.0483. The average molecular weight is 293 g/mol. The first kappa shape index (κ1) is 15.6. The van der Waals surface area contributed by atoms with Crippen LogP contribution >= 0.6 is 0 Å². The Bertz CT molecular complexity index is 605.